The van der Waals surface area contributed by atoms with Crippen molar-refractivity contribution < 1.29 is 14.3 Å². The van der Waals surface area contributed by atoms with Gasteiger partial charge >= 0.3 is 6.09 Å². The van der Waals surface area contributed by atoms with Crippen molar-refractivity contribution in [3.05, 3.63) is 42.0 Å². The fourth-order valence-electron chi connectivity index (χ4n) is 2.19. The number of nitrogens with zero attached hydrogens (tertiary/aromatic N) is 1. The lowest BCUT2D eigenvalue weighted by atomic mass is 9.92. The van der Waals surface area contributed by atoms with Crippen LogP contribution in [0.3, 0.4) is 0 Å². The number of nitrogens with one attached hydrogen (secondary N) is 1. The molecule has 0 aliphatic rings. The standard InChI is InChI=1S/C19H30N2O3/c1-15(2)16-8-7-9-17(14-16)19(3,4)20-18(22)24-13-11-21(5)10-12-23-6/h7-9,14H,1,10-13H2,2-6H3,(H,20,22). The molecule has 0 aliphatic heterocycles. The molecule has 1 N–H and O–H groups in total. The maximum Gasteiger partial charge on any atom is 0.407 e. The molecule has 0 unspecified atom stereocenters. The highest BCUT2D eigenvalue weighted by atomic mass is 16.5. The summed E-state index contributed by atoms with van der Waals surface area (Å²) in [5.74, 6) is 0. The molecule has 0 saturated heterocycles. The summed E-state index contributed by atoms with van der Waals surface area (Å²) in [6.07, 6.45) is -0.416. The Morgan fingerprint density at radius 2 is 1.96 bits per heavy atom. The number of methoxy groups -OCH3 is 1. The maximum atomic E-state index is 12.1. The third-order valence-corrected chi connectivity index (χ3v) is 3.87. The summed E-state index contributed by atoms with van der Waals surface area (Å²) in [6, 6.07) is 8.02. The van der Waals surface area contributed by atoms with E-state index in [1.165, 1.54) is 0 Å². The summed E-state index contributed by atoms with van der Waals surface area (Å²) in [5.41, 5.74) is 2.55. The van der Waals surface area contributed by atoms with Crippen LogP contribution in [-0.2, 0) is 15.0 Å². The first-order valence-electron chi connectivity index (χ1n) is 8.15. The predicted octanol–water partition coefficient (Wildman–Crippen LogP) is 3.26. The maximum absolute atomic E-state index is 12.1. The first kappa shape index (κ1) is 20.2. The average molecular weight is 334 g/mol. The smallest absolute Gasteiger partial charge is 0.407 e. The second-order valence-corrected chi connectivity index (χ2v) is 6.54. The van der Waals surface area contributed by atoms with Crippen LogP contribution in [0.25, 0.3) is 5.57 Å². The summed E-state index contributed by atoms with van der Waals surface area (Å²) >= 11 is 0. The van der Waals surface area contributed by atoms with Crippen molar-refractivity contribution in [1.82, 2.24) is 10.2 Å². The fourth-order valence-corrected chi connectivity index (χ4v) is 2.19. The Morgan fingerprint density at radius 3 is 2.58 bits per heavy atom. The van der Waals surface area contributed by atoms with Crippen molar-refractivity contribution in [3.63, 3.8) is 0 Å². The van der Waals surface area contributed by atoms with Crippen molar-refractivity contribution in [2.24, 2.45) is 0 Å². The molecule has 0 bridgehead atoms. The van der Waals surface area contributed by atoms with E-state index in [9.17, 15) is 4.79 Å². The van der Waals surface area contributed by atoms with Crippen LogP contribution < -0.4 is 5.32 Å². The van der Waals surface area contributed by atoms with Gasteiger partial charge in [-0.2, -0.15) is 0 Å². The fraction of sp³-hybridized carbons (Fsp3) is 0.526. The quantitative estimate of drug-likeness (QED) is 0.753. The molecular formula is C19H30N2O3. The number of likely N-dealkylation sites (N-methyl/N-ethyl adjacent to an activating group) is 1. The zero-order valence-electron chi connectivity index (χ0n) is 15.5. The molecule has 1 aromatic carbocycles. The van der Waals surface area contributed by atoms with Crippen LogP contribution in [0.2, 0.25) is 0 Å². The molecule has 1 rings (SSSR count). The Hall–Kier alpha value is -1.85. The van der Waals surface area contributed by atoms with Gasteiger partial charge in [0, 0.05) is 20.2 Å². The molecule has 0 saturated carbocycles. The summed E-state index contributed by atoms with van der Waals surface area (Å²) in [7, 11) is 3.63. The van der Waals surface area contributed by atoms with Gasteiger partial charge in [0.25, 0.3) is 0 Å². The molecule has 0 heterocycles. The molecular weight excluding hydrogens is 304 g/mol. The number of amides is 1. The van der Waals surface area contributed by atoms with E-state index in [-0.39, 0.29) is 0 Å². The Morgan fingerprint density at radius 1 is 1.29 bits per heavy atom. The third kappa shape index (κ3) is 6.72. The Kier molecular flexibility index (Phi) is 7.95. The number of hydrogen-bond acceptors (Lipinski definition) is 4. The summed E-state index contributed by atoms with van der Waals surface area (Å²) in [5, 5.41) is 2.92. The number of benzene rings is 1. The van der Waals surface area contributed by atoms with Gasteiger partial charge in [-0.1, -0.05) is 30.4 Å². The van der Waals surface area contributed by atoms with E-state index in [1.54, 1.807) is 7.11 Å². The monoisotopic (exact) mass is 334 g/mol. The van der Waals surface area contributed by atoms with Crippen LogP contribution in [0, 0.1) is 0 Å². The average Bonchev–Trinajstić information content (AvgIpc) is 2.52. The van der Waals surface area contributed by atoms with Gasteiger partial charge in [0.2, 0.25) is 0 Å². The van der Waals surface area contributed by atoms with E-state index in [1.807, 2.05) is 52.1 Å². The molecule has 1 aromatic rings. The second-order valence-electron chi connectivity index (χ2n) is 6.54. The topological polar surface area (TPSA) is 50.8 Å². The van der Waals surface area contributed by atoms with Crippen LogP contribution >= 0.6 is 0 Å². The van der Waals surface area contributed by atoms with Gasteiger partial charge in [-0.3, -0.25) is 0 Å². The van der Waals surface area contributed by atoms with Gasteiger partial charge < -0.3 is 19.7 Å². The molecule has 24 heavy (non-hydrogen) atoms. The molecule has 1 amide bonds. The van der Waals surface area contributed by atoms with Crippen LogP contribution in [-0.4, -0.2) is 51.5 Å². The van der Waals surface area contributed by atoms with Crippen molar-refractivity contribution in [1.29, 1.82) is 0 Å². The third-order valence-electron chi connectivity index (χ3n) is 3.87. The summed E-state index contributed by atoms with van der Waals surface area (Å²) in [6.45, 7) is 12.3. The first-order chi connectivity index (χ1) is 11.3. The minimum atomic E-state index is -0.523. The largest absolute Gasteiger partial charge is 0.448 e. The highest BCUT2D eigenvalue weighted by Gasteiger charge is 2.24. The van der Waals surface area contributed by atoms with E-state index in [0.717, 1.165) is 23.2 Å². The molecule has 0 fully saturated rings. The zero-order valence-corrected chi connectivity index (χ0v) is 15.5. The Balaban J connectivity index is 2.52. The van der Waals surface area contributed by atoms with Gasteiger partial charge in [-0.05, 0) is 45.0 Å². The molecule has 0 aromatic heterocycles. The van der Waals surface area contributed by atoms with Crippen LogP contribution in [0.5, 0.6) is 0 Å². The SMILES string of the molecule is C=C(C)c1cccc(C(C)(C)NC(=O)OCCN(C)CCOC)c1. The van der Waals surface area contributed by atoms with Gasteiger partial charge in [0.1, 0.15) is 6.61 Å². The molecule has 0 aliphatic carbocycles. The van der Waals surface area contributed by atoms with Crippen molar-refractivity contribution in [2.75, 3.05) is 40.5 Å². The van der Waals surface area contributed by atoms with Crippen LogP contribution in [0.4, 0.5) is 4.79 Å². The van der Waals surface area contributed by atoms with Gasteiger partial charge in [-0.15, -0.1) is 0 Å². The number of carbonyl (C=O) groups excluding carboxylic acids is 1. The van der Waals surface area contributed by atoms with Crippen molar-refractivity contribution in [2.45, 2.75) is 26.3 Å². The van der Waals surface area contributed by atoms with Crippen molar-refractivity contribution in [3.8, 4) is 0 Å². The number of rotatable bonds is 9. The Labute approximate surface area is 145 Å². The molecule has 0 spiro atoms. The summed E-state index contributed by atoms with van der Waals surface area (Å²) in [4.78, 5) is 14.1. The number of carbonyl (C=O) groups is 1. The lowest BCUT2D eigenvalue weighted by molar-refractivity contribution is 0.113. The zero-order chi connectivity index (χ0) is 18.2. The Bertz CT molecular complexity index is 555. The minimum absolute atomic E-state index is 0.341. The second kappa shape index (κ2) is 9.45. The van der Waals surface area contributed by atoms with Gasteiger partial charge in [0.15, 0.2) is 0 Å². The van der Waals surface area contributed by atoms with Crippen LogP contribution in [0.15, 0.2) is 30.8 Å². The highest BCUT2D eigenvalue weighted by Crippen LogP contribution is 2.23. The van der Waals surface area contributed by atoms with E-state index in [2.05, 4.69) is 16.8 Å². The van der Waals surface area contributed by atoms with Gasteiger partial charge in [-0.25, -0.2) is 4.79 Å². The summed E-state index contributed by atoms with van der Waals surface area (Å²) < 4.78 is 10.3. The highest BCUT2D eigenvalue weighted by molar-refractivity contribution is 5.69. The molecule has 0 atom stereocenters. The predicted molar refractivity (Wildman–Crippen MR) is 98.0 cm³/mol. The number of alkyl carbamates (subject to hydrolysis) is 1. The normalized spacial score (nSPS) is 11.4. The molecule has 0 radical (unpaired) electrons. The minimum Gasteiger partial charge on any atom is -0.448 e. The van der Waals surface area contributed by atoms with E-state index >= 15 is 0 Å². The first-order valence-corrected chi connectivity index (χ1v) is 8.15. The lowest BCUT2D eigenvalue weighted by Crippen LogP contribution is -2.42. The van der Waals surface area contributed by atoms with E-state index in [0.29, 0.717) is 19.8 Å². The van der Waals surface area contributed by atoms with Crippen LogP contribution in [0.1, 0.15) is 31.9 Å². The van der Waals surface area contributed by atoms with Gasteiger partial charge in [0.05, 0.1) is 12.1 Å². The number of allylic oxidation sites excluding steroid dienone is 1. The number of ether oxygens (including phenoxy) is 2. The molecule has 5 nitrogen and oxygen atoms in total. The molecule has 5 heteroatoms. The van der Waals surface area contributed by atoms with E-state index < -0.39 is 11.6 Å². The number of hydrogen-bond donors (Lipinski definition) is 1. The lowest BCUT2D eigenvalue weighted by Gasteiger charge is -2.27. The molecule has 134 valence electrons. The van der Waals surface area contributed by atoms with E-state index in [4.69, 9.17) is 9.47 Å². The van der Waals surface area contributed by atoms with Crippen molar-refractivity contribution >= 4 is 11.7 Å².